The first-order chi connectivity index (χ1) is 7.43. The van der Waals surface area contributed by atoms with Crippen LogP contribution < -0.4 is 5.32 Å². The van der Waals surface area contributed by atoms with Gasteiger partial charge < -0.3 is 9.73 Å². The van der Waals surface area contributed by atoms with Gasteiger partial charge in [-0.2, -0.15) is 0 Å². The van der Waals surface area contributed by atoms with Gasteiger partial charge in [-0.15, -0.1) is 0 Å². The van der Waals surface area contributed by atoms with Crippen LogP contribution in [0, 0.1) is 0 Å². The lowest BCUT2D eigenvalue weighted by molar-refractivity contribution is 0.174. The first-order valence-corrected chi connectivity index (χ1v) is 5.92. The van der Waals surface area contributed by atoms with Crippen molar-refractivity contribution in [3.8, 4) is 0 Å². The molecule has 2 fully saturated rings. The van der Waals surface area contributed by atoms with Crippen LogP contribution >= 0.6 is 0 Å². The summed E-state index contributed by atoms with van der Waals surface area (Å²) in [6.07, 6.45) is 5.80. The van der Waals surface area contributed by atoms with Crippen LogP contribution in [0.1, 0.15) is 25.0 Å². The Morgan fingerprint density at radius 1 is 1.33 bits per heavy atom. The Morgan fingerprint density at radius 3 is 2.87 bits per heavy atom. The van der Waals surface area contributed by atoms with E-state index in [4.69, 9.17) is 4.42 Å². The first-order valence-electron chi connectivity index (χ1n) is 5.92. The van der Waals surface area contributed by atoms with E-state index in [1.807, 2.05) is 6.07 Å². The second kappa shape index (κ2) is 3.99. The molecule has 0 bridgehead atoms. The quantitative estimate of drug-likeness (QED) is 0.811. The molecule has 1 aromatic rings. The van der Waals surface area contributed by atoms with E-state index in [2.05, 4.69) is 16.3 Å². The summed E-state index contributed by atoms with van der Waals surface area (Å²) in [4.78, 5) is 2.62. The van der Waals surface area contributed by atoms with Crippen molar-refractivity contribution in [2.75, 3.05) is 13.1 Å². The van der Waals surface area contributed by atoms with Crippen molar-refractivity contribution in [2.45, 2.75) is 37.9 Å². The molecule has 1 unspecified atom stereocenters. The molecule has 0 spiro atoms. The topological polar surface area (TPSA) is 28.4 Å². The van der Waals surface area contributed by atoms with Gasteiger partial charge in [0.15, 0.2) is 0 Å². The van der Waals surface area contributed by atoms with E-state index in [0.29, 0.717) is 0 Å². The van der Waals surface area contributed by atoms with Crippen molar-refractivity contribution in [3.63, 3.8) is 0 Å². The fourth-order valence-electron chi connectivity index (χ4n) is 2.47. The van der Waals surface area contributed by atoms with E-state index in [-0.39, 0.29) is 0 Å². The van der Waals surface area contributed by atoms with Gasteiger partial charge in [-0.1, -0.05) is 0 Å². The molecule has 3 nitrogen and oxygen atoms in total. The maximum absolute atomic E-state index is 5.44. The van der Waals surface area contributed by atoms with Crippen molar-refractivity contribution >= 4 is 0 Å². The minimum Gasteiger partial charge on any atom is -0.468 e. The van der Waals surface area contributed by atoms with Gasteiger partial charge in [0, 0.05) is 18.6 Å². The largest absolute Gasteiger partial charge is 0.468 e. The molecule has 1 saturated carbocycles. The first kappa shape index (κ1) is 9.43. The molecule has 0 amide bonds. The molecule has 1 aliphatic heterocycles. The molecule has 0 aromatic carbocycles. The van der Waals surface area contributed by atoms with Gasteiger partial charge in [0.1, 0.15) is 5.76 Å². The molecular formula is C12H18N2O. The van der Waals surface area contributed by atoms with Crippen LogP contribution in [-0.4, -0.2) is 30.1 Å². The van der Waals surface area contributed by atoms with E-state index < -0.39 is 0 Å². The van der Waals surface area contributed by atoms with Crippen molar-refractivity contribution in [2.24, 2.45) is 0 Å². The number of nitrogens with one attached hydrogen (secondary N) is 1. The molecule has 15 heavy (non-hydrogen) atoms. The summed E-state index contributed by atoms with van der Waals surface area (Å²) in [5.41, 5.74) is 0. The summed E-state index contributed by atoms with van der Waals surface area (Å²) < 4.78 is 5.44. The third-order valence-electron chi connectivity index (χ3n) is 3.44. The number of nitrogens with zero attached hydrogens (tertiary/aromatic N) is 1. The highest BCUT2D eigenvalue weighted by Crippen LogP contribution is 2.31. The third kappa shape index (κ3) is 2.08. The molecule has 0 radical (unpaired) electrons. The number of hydrogen-bond acceptors (Lipinski definition) is 3. The van der Waals surface area contributed by atoms with Crippen LogP contribution in [0.2, 0.25) is 0 Å². The maximum Gasteiger partial charge on any atom is 0.117 e. The zero-order chi connectivity index (χ0) is 10.1. The van der Waals surface area contributed by atoms with E-state index in [1.54, 1.807) is 6.26 Å². The molecule has 1 atom stereocenters. The van der Waals surface area contributed by atoms with E-state index in [9.17, 15) is 0 Å². The molecule has 3 heteroatoms. The molecule has 1 saturated heterocycles. The van der Waals surface area contributed by atoms with Gasteiger partial charge in [-0.3, -0.25) is 4.90 Å². The Balaban J connectivity index is 1.67. The van der Waals surface area contributed by atoms with Crippen LogP contribution in [0.5, 0.6) is 0 Å². The number of rotatable bonds is 4. The lowest BCUT2D eigenvalue weighted by Gasteiger charge is -2.27. The average molecular weight is 206 g/mol. The standard InChI is InChI=1S/C12H18N2O/c1-2-12(15-7-1)9-14(10-3-4-10)11-5-6-13-8-11/h1-2,7,10-11,13H,3-6,8-9H2. The predicted molar refractivity (Wildman–Crippen MR) is 58.5 cm³/mol. The predicted octanol–water partition coefficient (Wildman–Crippen LogP) is 1.61. The Bertz CT molecular complexity index is 299. The minimum atomic E-state index is 0.725. The van der Waals surface area contributed by atoms with Gasteiger partial charge >= 0.3 is 0 Å². The highest BCUT2D eigenvalue weighted by atomic mass is 16.3. The Kier molecular flexibility index (Phi) is 2.51. The van der Waals surface area contributed by atoms with Crippen LogP contribution in [-0.2, 0) is 6.54 Å². The van der Waals surface area contributed by atoms with E-state index in [0.717, 1.165) is 30.9 Å². The van der Waals surface area contributed by atoms with Crippen LogP contribution in [0.4, 0.5) is 0 Å². The summed E-state index contributed by atoms with van der Waals surface area (Å²) in [6.45, 7) is 3.31. The zero-order valence-electron chi connectivity index (χ0n) is 8.98. The normalized spacial score (nSPS) is 26.3. The molecular weight excluding hydrogens is 188 g/mol. The highest BCUT2D eigenvalue weighted by molar-refractivity contribution is 5.01. The lowest BCUT2D eigenvalue weighted by atomic mass is 10.2. The summed E-state index contributed by atoms with van der Waals surface area (Å²) in [7, 11) is 0. The number of hydrogen-bond donors (Lipinski definition) is 1. The molecule has 2 heterocycles. The Labute approximate surface area is 90.4 Å². The average Bonchev–Trinajstić information content (AvgIpc) is 2.78. The summed E-state index contributed by atoms with van der Waals surface area (Å²) in [5, 5.41) is 3.44. The van der Waals surface area contributed by atoms with E-state index in [1.165, 1.54) is 25.8 Å². The summed E-state index contributed by atoms with van der Waals surface area (Å²) in [5.74, 6) is 1.11. The summed E-state index contributed by atoms with van der Waals surface area (Å²) >= 11 is 0. The second-order valence-corrected chi connectivity index (χ2v) is 4.63. The van der Waals surface area contributed by atoms with Gasteiger partial charge in [0.25, 0.3) is 0 Å². The van der Waals surface area contributed by atoms with Gasteiger partial charge in [0.2, 0.25) is 0 Å². The minimum absolute atomic E-state index is 0.725. The maximum atomic E-state index is 5.44. The Morgan fingerprint density at radius 2 is 2.27 bits per heavy atom. The SMILES string of the molecule is c1coc(CN(C2CC2)C2CCNC2)c1. The molecule has 1 aliphatic carbocycles. The van der Waals surface area contributed by atoms with Crippen LogP contribution in [0.15, 0.2) is 22.8 Å². The highest BCUT2D eigenvalue weighted by Gasteiger charge is 2.35. The zero-order valence-corrected chi connectivity index (χ0v) is 8.98. The lowest BCUT2D eigenvalue weighted by Crippen LogP contribution is -2.37. The van der Waals surface area contributed by atoms with Crippen molar-refractivity contribution in [1.29, 1.82) is 0 Å². The van der Waals surface area contributed by atoms with Crippen LogP contribution in [0.3, 0.4) is 0 Å². The molecule has 2 aliphatic rings. The van der Waals surface area contributed by atoms with Gasteiger partial charge in [-0.25, -0.2) is 0 Å². The van der Waals surface area contributed by atoms with Gasteiger partial charge in [-0.05, 0) is 37.9 Å². The van der Waals surface area contributed by atoms with E-state index >= 15 is 0 Å². The van der Waals surface area contributed by atoms with Crippen molar-refractivity contribution in [3.05, 3.63) is 24.2 Å². The number of furan rings is 1. The molecule has 3 rings (SSSR count). The van der Waals surface area contributed by atoms with Gasteiger partial charge in [0.05, 0.1) is 12.8 Å². The third-order valence-corrected chi connectivity index (χ3v) is 3.44. The second-order valence-electron chi connectivity index (χ2n) is 4.63. The van der Waals surface area contributed by atoms with Crippen LogP contribution in [0.25, 0.3) is 0 Å². The molecule has 82 valence electrons. The molecule has 1 N–H and O–H groups in total. The fourth-order valence-corrected chi connectivity index (χ4v) is 2.47. The summed E-state index contributed by atoms with van der Waals surface area (Å²) in [6, 6.07) is 5.60. The van der Waals surface area contributed by atoms with Crippen molar-refractivity contribution in [1.82, 2.24) is 10.2 Å². The fraction of sp³-hybridized carbons (Fsp3) is 0.667. The monoisotopic (exact) mass is 206 g/mol. The molecule has 1 aromatic heterocycles. The Hall–Kier alpha value is -0.800. The van der Waals surface area contributed by atoms with Crippen molar-refractivity contribution < 1.29 is 4.42 Å². The smallest absolute Gasteiger partial charge is 0.117 e.